The van der Waals surface area contributed by atoms with Gasteiger partial charge in [0.15, 0.2) is 11.3 Å². The molecule has 4 aromatic rings. The van der Waals surface area contributed by atoms with Crippen LogP contribution >= 0.6 is 11.3 Å². The van der Waals surface area contributed by atoms with Gasteiger partial charge in [0.05, 0.1) is 32.3 Å². The summed E-state index contributed by atoms with van der Waals surface area (Å²) >= 11 is 1.59. The highest BCUT2D eigenvalue weighted by Crippen LogP contribution is 2.43. The molecule has 0 saturated heterocycles. The SMILES string of the molecule is COc1cc2c(=O)c(-c3csc4ccccc34)coc2c(OC)c1OC. The molecule has 0 atom stereocenters. The van der Waals surface area contributed by atoms with Crippen LogP contribution in [0.1, 0.15) is 0 Å². The third-order valence-electron chi connectivity index (χ3n) is 4.34. The Morgan fingerprint density at radius 3 is 2.42 bits per heavy atom. The standard InChI is InChI=1S/C20H16O5S/c1-22-15-8-12-17(21)13(9-25-18(12)20(24-3)19(15)23-2)14-10-26-16-7-5-4-6-11(14)16/h4-10H,1-3H3. The quantitative estimate of drug-likeness (QED) is 0.522. The topological polar surface area (TPSA) is 57.9 Å². The maximum Gasteiger partial charge on any atom is 0.208 e. The van der Waals surface area contributed by atoms with E-state index in [0.717, 1.165) is 15.6 Å². The lowest BCUT2D eigenvalue weighted by Gasteiger charge is -2.14. The first-order valence-corrected chi connectivity index (χ1v) is 8.78. The summed E-state index contributed by atoms with van der Waals surface area (Å²) in [7, 11) is 4.52. The van der Waals surface area contributed by atoms with E-state index in [-0.39, 0.29) is 5.43 Å². The van der Waals surface area contributed by atoms with Crippen LogP contribution < -0.4 is 19.6 Å². The first-order chi connectivity index (χ1) is 12.7. The molecule has 0 spiro atoms. The molecule has 132 valence electrons. The Morgan fingerprint density at radius 1 is 0.923 bits per heavy atom. The molecule has 0 saturated carbocycles. The second-order valence-corrected chi connectivity index (χ2v) is 6.56. The highest BCUT2D eigenvalue weighted by Gasteiger charge is 2.21. The van der Waals surface area contributed by atoms with Gasteiger partial charge in [-0.25, -0.2) is 0 Å². The number of hydrogen-bond acceptors (Lipinski definition) is 6. The van der Waals surface area contributed by atoms with E-state index < -0.39 is 0 Å². The highest BCUT2D eigenvalue weighted by atomic mass is 32.1. The Kier molecular flexibility index (Phi) is 4.05. The van der Waals surface area contributed by atoms with Gasteiger partial charge in [-0.3, -0.25) is 4.79 Å². The fourth-order valence-electron chi connectivity index (χ4n) is 3.10. The first kappa shape index (κ1) is 16.5. The first-order valence-electron chi connectivity index (χ1n) is 7.90. The number of benzene rings is 2. The van der Waals surface area contributed by atoms with E-state index in [2.05, 4.69) is 0 Å². The predicted octanol–water partition coefficient (Wildman–Crippen LogP) is 4.70. The summed E-state index contributed by atoms with van der Waals surface area (Å²) < 4.78 is 23.0. The largest absolute Gasteiger partial charge is 0.493 e. The molecule has 0 aliphatic rings. The van der Waals surface area contributed by atoms with Gasteiger partial charge in [0.1, 0.15) is 6.26 Å². The smallest absolute Gasteiger partial charge is 0.208 e. The van der Waals surface area contributed by atoms with Gasteiger partial charge in [0.25, 0.3) is 0 Å². The molecule has 4 rings (SSSR count). The number of rotatable bonds is 4. The maximum absolute atomic E-state index is 13.2. The molecule has 0 fully saturated rings. The minimum absolute atomic E-state index is 0.144. The molecule has 0 aliphatic heterocycles. The number of methoxy groups -OCH3 is 3. The van der Waals surface area contributed by atoms with E-state index in [1.807, 2.05) is 29.6 Å². The molecule has 2 heterocycles. The lowest BCUT2D eigenvalue weighted by Crippen LogP contribution is -2.06. The van der Waals surface area contributed by atoms with E-state index in [0.29, 0.717) is 33.8 Å². The van der Waals surface area contributed by atoms with Crippen molar-refractivity contribution in [2.75, 3.05) is 21.3 Å². The number of fused-ring (bicyclic) bond motifs is 2. The van der Waals surface area contributed by atoms with Crippen LogP contribution in [0.4, 0.5) is 0 Å². The molecule has 0 radical (unpaired) electrons. The lowest BCUT2D eigenvalue weighted by molar-refractivity contribution is 0.323. The Morgan fingerprint density at radius 2 is 1.69 bits per heavy atom. The summed E-state index contributed by atoms with van der Waals surface area (Å²) in [4.78, 5) is 13.2. The number of hydrogen-bond donors (Lipinski definition) is 0. The Bertz CT molecular complexity index is 1170. The van der Waals surface area contributed by atoms with E-state index in [1.54, 1.807) is 17.4 Å². The van der Waals surface area contributed by atoms with Gasteiger partial charge in [-0.1, -0.05) is 18.2 Å². The fourth-order valence-corrected chi connectivity index (χ4v) is 4.06. The Hall–Kier alpha value is -2.99. The van der Waals surface area contributed by atoms with Gasteiger partial charge in [0.2, 0.25) is 16.9 Å². The summed E-state index contributed by atoms with van der Waals surface area (Å²) in [6, 6.07) is 9.59. The Balaban J connectivity index is 2.05. The lowest BCUT2D eigenvalue weighted by atomic mass is 10.0. The van der Waals surface area contributed by atoms with Crippen LogP contribution in [0.3, 0.4) is 0 Å². The van der Waals surface area contributed by atoms with Crippen LogP contribution in [-0.4, -0.2) is 21.3 Å². The average molecular weight is 368 g/mol. The third kappa shape index (κ3) is 2.34. The molecular formula is C20H16O5S. The van der Waals surface area contributed by atoms with Gasteiger partial charge < -0.3 is 18.6 Å². The summed E-state index contributed by atoms with van der Waals surface area (Å²) in [5.41, 5.74) is 1.55. The van der Waals surface area contributed by atoms with E-state index >= 15 is 0 Å². The van der Waals surface area contributed by atoms with Crippen molar-refractivity contribution in [2.24, 2.45) is 0 Å². The van der Waals surface area contributed by atoms with Crippen LogP contribution in [-0.2, 0) is 0 Å². The average Bonchev–Trinajstić information content (AvgIpc) is 3.10. The van der Waals surface area contributed by atoms with E-state index in [4.69, 9.17) is 18.6 Å². The van der Waals surface area contributed by atoms with Crippen LogP contribution in [0.25, 0.3) is 32.2 Å². The highest BCUT2D eigenvalue weighted by molar-refractivity contribution is 7.17. The molecule has 0 N–H and O–H groups in total. The van der Waals surface area contributed by atoms with Gasteiger partial charge in [-0.2, -0.15) is 0 Å². The van der Waals surface area contributed by atoms with Gasteiger partial charge in [0, 0.05) is 21.0 Å². The van der Waals surface area contributed by atoms with Gasteiger partial charge >= 0.3 is 0 Å². The molecule has 26 heavy (non-hydrogen) atoms. The van der Waals surface area contributed by atoms with Gasteiger partial charge in [-0.05, 0) is 12.1 Å². The maximum atomic E-state index is 13.2. The normalized spacial score (nSPS) is 11.0. The number of ether oxygens (including phenoxy) is 3. The van der Waals surface area contributed by atoms with Crippen molar-refractivity contribution in [3.05, 3.63) is 52.2 Å². The van der Waals surface area contributed by atoms with Crippen molar-refractivity contribution in [3.63, 3.8) is 0 Å². The zero-order chi connectivity index (χ0) is 18.3. The van der Waals surface area contributed by atoms with Gasteiger partial charge in [-0.15, -0.1) is 11.3 Å². The van der Waals surface area contributed by atoms with Crippen LogP contribution in [0.2, 0.25) is 0 Å². The molecule has 0 bridgehead atoms. The van der Waals surface area contributed by atoms with Crippen LogP contribution in [0, 0.1) is 0 Å². The van der Waals surface area contributed by atoms with Crippen molar-refractivity contribution in [2.45, 2.75) is 0 Å². The van der Waals surface area contributed by atoms with Crippen LogP contribution in [0.15, 0.2) is 51.2 Å². The second-order valence-electron chi connectivity index (χ2n) is 5.65. The number of thiophene rings is 1. The van der Waals surface area contributed by atoms with Crippen molar-refractivity contribution >= 4 is 32.4 Å². The minimum atomic E-state index is -0.144. The van der Waals surface area contributed by atoms with E-state index in [9.17, 15) is 4.79 Å². The van der Waals surface area contributed by atoms with Crippen molar-refractivity contribution in [1.82, 2.24) is 0 Å². The third-order valence-corrected chi connectivity index (χ3v) is 5.30. The molecule has 6 heteroatoms. The van der Waals surface area contributed by atoms with Crippen molar-refractivity contribution in [3.8, 4) is 28.4 Å². The minimum Gasteiger partial charge on any atom is -0.493 e. The molecule has 5 nitrogen and oxygen atoms in total. The monoisotopic (exact) mass is 368 g/mol. The second kappa shape index (κ2) is 6.38. The summed E-state index contributed by atoms with van der Waals surface area (Å²) in [5.74, 6) is 1.14. The molecule has 2 aromatic carbocycles. The molecule has 0 aliphatic carbocycles. The molecule has 0 unspecified atom stereocenters. The van der Waals surface area contributed by atoms with Crippen molar-refractivity contribution < 1.29 is 18.6 Å². The summed E-state index contributed by atoms with van der Waals surface area (Å²) in [5, 5.41) is 3.38. The Labute approximate surface area is 153 Å². The summed E-state index contributed by atoms with van der Waals surface area (Å²) in [6.07, 6.45) is 1.48. The van der Waals surface area contributed by atoms with E-state index in [1.165, 1.54) is 27.6 Å². The van der Waals surface area contributed by atoms with Crippen molar-refractivity contribution in [1.29, 1.82) is 0 Å². The molecular weight excluding hydrogens is 352 g/mol. The molecule has 0 amide bonds. The zero-order valence-electron chi connectivity index (χ0n) is 14.5. The van der Waals surface area contributed by atoms with Crippen LogP contribution in [0.5, 0.6) is 17.2 Å². The molecule has 2 aromatic heterocycles. The predicted molar refractivity (Wildman–Crippen MR) is 103 cm³/mol. The zero-order valence-corrected chi connectivity index (χ0v) is 15.3. The summed E-state index contributed by atoms with van der Waals surface area (Å²) in [6.45, 7) is 0. The fraction of sp³-hybridized carbons (Fsp3) is 0.150.